The second-order valence-corrected chi connectivity index (χ2v) is 4.83. The van der Waals surface area contributed by atoms with Crippen molar-refractivity contribution < 1.29 is 19.4 Å². The van der Waals surface area contributed by atoms with Gasteiger partial charge in [0.1, 0.15) is 11.3 Å². The first-order valence-electron chi connectivity index (χ1n) is 7.02. The summed E-state index contributed by atoms with van der Waals surface area (Å²) >= 11 is 0. The van der Waals surface area contributed by atoms with E-state index in [4.69, 9.17) is 15.2 Å². The molecule has 1 aromatic carbocycles. The molecule has 0 unspecified atom stereocenters. The number of carbonyl (C=O) groups excluding carboxylic acids is 1. The van der Waals surface area contributed by atoms with Crippen LogP contribution in [0.4, 0.5) is 0 Å². The molecular formula is C15H19N3O5. The van der Waals surface area contributed by atoms with Crippen molar-refractivity contribution in [3.8, 4) is 17.2 Å². The molecule has 0 aliphatic carbocycles. The molecule has 2 aromatic rings. The molecule has 0 spiro atoms. The smallest absolute Gasteiger partial charge is 0.265 e. The zero-order chi connectivity index (χ0) is 17.0. The molecule has 23 heavy (non-hydrogen) atoms. The Kier molecular flexibility index (Phi) is 5.07. The molecule has 8 nitrogen and oxygen atoms in total. The predicted octanol–water partition coefficient (Wildman–Crippen LogP) is 0.330. The Balaban J connectivity index is 2.55. The number of hydrogen-bond acceptors (Lipinski definition) is 6. The fraction of sp³-hybridized carbons (Fsp3) is 0.333. The molecule has 1 heterocycles. The van der Waals surface area contributed by atoms with Crippen LogP contribution in [0.2, 0.25) is 0 Å². The van der Waals surface area contributed by atoms with Crippen molar-refractivity contribution in [3.05, 3.63) is 28.0 Å². The second-order valence-electron chi connectivity index (χ2n) is 4.83. The van der Waals surface area contributed by atoms with Crippen LogP contribution in [0.25, 0.3) is 10.9 Å². The van der Waals surface area contributed by atoms with Crippen LogP contribution in [-0.4, -0.2) is 43.3 Å². The first-order chi connectivity index (χ1) is 11.0. The van der Waals surface area contributed by atoms with Crippen molar-refractivity contribution in [3.63, 3.8) is 0 Å². The van der Waals surface area contributed by atoms with Crippen LogP contribution in [-0.2, 0) is 0 Å². The van der Waals surface area contributed by atoms with E-state index in [2.05, 4.69) is 10.3 Å². The maximum absolute atomic E-state index is 12.1. The number of ether oxygens (including phenoxy) is 2. The van der Waals surface area contributed by atoms with E-state index in [0.717, 1.165) is 0 Å². The number of fused-ring (bicyclic) bond motifs is 1. The number of aromatic nitrogens is 1. The normalized spacial score (nSPS) is 10.6. The van der Waals surface area contributed by atoms with Crippen LogP contribution in [0.1, 0.15) is 16.8 Å². The molecule has 0 aliphatic rings. The number of benzene rings is 1. The lowest BCUT2D eigenvalue weighted by Crippen LogP contribution is -2.31. The van der Waals surface area contributed by atoms with Gasteiger partial charge in [0.15, 0.2) is 11.5 Å². The summed E-state index contributed by atoms with van der Waals surface area (Å²) in [5.41, 5.74) is 4.66. The minimum atomic E-state index is -0.688. The van der Waals surface area contributed by atoms with Crippen molar-refractivity contribution in [2.45, 2.75) is 6.42 Å². The molecule has 8 heteroatoms. The molecule has 0 radical (unpaired) electrons. The van der Waals surface area contributed by atoms with E-state index in [1.54, 1.807) is 0 Å². The van der Waals surface area contributed by atoms with Crippen LogP contribution in [0.15, 0.2) is 16.9 Å². The van der Waals surface area contributed by atoms with E-state index >= 15 is 0 Å². The quantitative estimate of drug-likeness (QED) is 0.568. The predicted molar refractivity (Wildman–Crippen MR) is 85.3 cm³/mol. The third-order valence-corrected chi connectivity index (χ3v) is 3.38. The number of amides is 1. The van der Waals surface area contributed by atoms with Crippen molar-refractivity contribution in [2.24, 2.45) is 5.73 Å². The van der Waals surface area contributed by atoms with E-state index in [1.807, 2.05) is 0 Å². The van der Waals surface area contributed by atoms with Crippen LogP contribution >= 0.6 is 0 Å². The Bertz CT molecular complexity index is 785. The molecule has 0 saturated heterocycles. The second kappa shape index (κ2) is 7.01. The van der Waals surface area contributed by atoms with E-state index in [0.29, 0.717) is 36.5 Å². The molecule has 0 aliphatic heterocycles. The van der Waals surface area contributed by atoms with Gasteiger partial charge in [-0.25, -0.2) is 0 Å². The number of methoxy groups -OCH3 is 2. The van der Waals surface area contributed by atoms with Crippen molar-refractivity contribution >= 4 is 16.8 Å². The number of carbonyl (C=O) groups is 1. The highest BCUT2D eigenvalue weighted by Gasteiger charge is 2.20. The van der Waals surface area contributed by atoms with Gasteiger partial charge in [-0.05, 0) is 19.0 Å². The summed E-state index contributed by atoms with van der Waals surface area (Å²) in [6.45, 7) is 0.732. The van der Waals surface area contributed by atoms with Gasteiger partial charge in [-0.15, -0.1) is 0 Å². The molecule has 0 saturated carbocycles. The van der Waals surface area contributed by atoms with Gasteiger partial charge >= 0.3 is 0 Å². The maximum atomic E-state index is 12.1. The monoisotopic (exact) mass is 321 g/mol. The molecule has 1 aromatic heterocycles. The maximum Gasteiger partial charge on any atom is 0.265 e. The van der Waals surface area contributed by atoms with Gasteiger partial charge in [-0.1, -0.05) is 0 Å². The van der Waals surface area contributed by atoms with E-state index in [1.165, 1.54) is 26.4 Å². The molecular weight excluding hydrogens is 302 g/mol. The van der Waals surface area contributed by atoms with Gasteiger partial charge in [0, 0.05) is 18.0 Å². The summed E-state index contributed by atoms with van der Waals surface area (Å²) in [6, 6.07) is 3.02. The van der Waals surface area contributed by atoms with Gasteiger partial charge in [0.05, 0.1) is 19.7 Å². The Morgan fingerprint density at radius 2 is 1.96 bits per heavy atom. The van der Waals surface area contributed by atoms with Crippen LogP contribution < -0.4 is 26.1 Å². The molecule has 5 N–H and O–H groups in total. The van der Waals surface area contributed by atoms with Crippen molar-refractivity contribution in [1.82, 2.24) is 10.3 Å². The third kappa shape index (κ3) is 3.21. The van der Waals surface area contributed by atoms with Crippen LogP contribution in [0, 0.1) is 0 Å². The molecule has 1 amide bonds. The summed E-state index contributed by atoms with van der Waals surface area (Å²) in [6.07, 6.45) is 0.572. The van der Waals surface area contributed by atoms with E-state index in [9.17, 15) is 14.7 Å². The standard InChI is InChI=1S/C15H19N3O5/c1-22-10-6-8-9(7-11(10)23-2)18-15(21)12(13(8)19)14(20)17-5-3-4-16/h6-7H,3-5,16H2,1-2H3,(H,17,20)(H2,18,19,21). The lowest BCUT2D eigenvalue weighted by molar-refractivity contribution is 0.0949. The number of nitrogens with two attached hydrogens (primary N) is 1. The fourth-order valence-corrected chi connectivity index (χ4v) is 2.21. The lowest BCUT2D eigenvalue weighted by atomic mass is 10.1. The Morgan fingerprint density at radius 1 is 1.30 bits per heavy atom. The summed E-state index contributed by atoms with van der Waals surface area (Å²) < 4.78 is 10.3. The van der Waals surface area contributed by atoms with Gasteiger partial charge in [-0.2, -0.15) is 0 Å². The average Bonchev–Trinajstić information content (AvgIpc) is 2.54. The highest BCUT2D eigenvalue weighted by Crippen LogP contribution is 2.35. The highest BCUT2D eigenvalue weighted by molar-refractivity contribution is 6.02. The number of aromatic amines is 1. The Labute approximate surface area is 132 Å². The minimum Gasteiger partial charge on any atom is -0.506 e. The molecule has 0 atom stereocenters. The molecule has 2 rings (SSSR count). The molecule has 0 fully saturated rings. The molecule has 124 valence electrons. The van der Waals surface area contributed by atoms with Gasteiger partial charge < -0.3 is 30.6 Å². The lowest BCUT2D eigenvalue weighted by Gasteiger charge is -2.12. The number of H-pyrrole nitrogens is 1. The number of hydrogen-bond donors (Lipinski definition) is 4. The molecule has 0 bridgehead atoms. The largest absolute Gasteiger partial charge is 0.506 e. The van der Waals surface area contributed by atoms with Crippen LogP contribution in [0.5, 0.6) is 17.2 Å². The Hall–Kier alpha value is -2.74. The van der Waals surface area contributed by atoms with Crippen molar-refractivity contribution in [1.29, 1.82) is 0 Å². The number of rotatable bonds is 6. The summed E-state index contributed by atoms with van der Waals surface area (Å²) in [7, 11) is 2.91. The SMILES string of the molecule is COc1cc2[nH]c(=O)c(C(=O)NCCCN)c(O)c2cc1OC. The van der Waals surface area contributed by atoms with Crippen molar-refractivity contribution in [2.75, 3.05) is 27.3 Å². The third-order valence-electron chi connectivity index (χ3n) is 3.38. The number of pyridine rings is 1. The zero-order valence-corrected chi connectivity index (χ0v) is 12.9. The van der Waals surface area contributed by atoms with E-state index < -0.39 is 17.2 Å². The minimum absolute atomic E-state index is 0.284. The fourth-order valence-electron chi connectivity index (χ4n) is 2.21. The topological polar surface area (TPSA) is 127 Å². The average molecular weight is 321 g/mol. The first kappa shape index (κ1) is 16.6. The Morgan fingerprint density at radius 3 is 2.57 bits per heavy atom. The first-order valence-corrected chi connectivity index (χ1v) is 7.02. The van der Waals surface area contributed by atoms with Crippen LogP contribution in [0.3, 0.4) is 0 Å². The van der Waals surface area contributed by atoms with E-state index in [-0.39, 0.29) is 10.9 Å². The highest BCUT2D eigenvalue weighted by atomic mass is 16.5. The van der Waals surface area contributed by atoms with Gasteiger partial charge in [-0.3, -0.25) is 9.59 Å². The van der Waals surface area contributed by atoms with Gasteiger partial charge in [0.2, 0.25) is 0 Å². The zero-order valence-electron chi connectivity index (χ0n) is 12.9. The summed E-state index contributed by atoms with van der Waals surface area (Å²) in [4.78, 5) is 26.8. The summed E-state index contributed by atoms with van der Waals surface area (Å²) in [5.74, 6) is -0.295. The number of nitrogens with one attached hydrogen (secondary N) is 2. The number of aromatic hydroxyl groups is 1. The van der Waals surface area contributed by atoms with Gasteiger partial charge in [0.25, 0.3) is 11.5 Å². The summed E-state index contributed by atoms with van der Waals surface area (Å²) in [5, 5.41) is 13.2.